The standard InChI is InChI=1S/C13H10N4O/c14-13-4-3-9(7-15-13)10-6-11(17-8-16-10)12-2-1-5-18-12/h1-8H,(H2,14,15). The van der Waals surface area contributed by atoms with Crippen LogP contribution in [0.15, 0.2) is 53.5 Å². The first-order valence-electron chi connectivity index (χ1n) is 5.41. The lowest BCUT2D eigenvalue weighted by atomic mass is 10.1. The van der Waals surface area contributed by atoms with Crippen LogP contribution in [-0.2, 0) is 0 Å². The fraction of sp³-hybridized carbons (Fsp3) is 0. The van der Waals surface area contributed by atoms with Crippen molar-refractivity contribution in [3.63, 3.8) is 0 Å². The van der Waals surface area contributed by atoms with Crippen molar-refractivity contribution >= 4 is 5.82 Å². The normalized spacial score (nSPS) is 10.4. The summed E-state index contributed by atoms with van der Waals surface area (Å²) in [6, 6.07) is 9.14. The first kappa shape index (κ1) is 10.5. The molecule has 5 nitrogen and oxygen atoms in total. The quantitative estimate of drug-likeness (QED) is 0.741. The second-order valence-corrected chi connectivity index (χ2v) is 3.74. The minimum atomic E-state index is 0.485. The van der Waals surface area contributed by atoms with Gasteiger partial charge in [-0.25, -0.2) is 15.0 Å². The molecule has 3 heterocycles. The van der Waals surface area contributed by atoms with Crippen molar-refractivity contribution in [3.05, 3.63) is 49.1 Å². The van der Waals surface area contributed by atoms with Gasteiger partial charge >= 0.3 is 0 Å². The van der Waals surface area contributed by atoms with Gasteiger partial charge < -0.3 is 10.2 Å². The van der Waals surface area contributed by atoms with Crippen LogP contribution in [0.5, 0.6) is 0 Å². The third-order valence-corrected chi connectivity index (χ3v) is 2.52. The van der Waals surface area contributed by atoms with Gasteiger partial charge in [-0.3, -0.25) is 0 Å². The maximum Gasteiger partial charge on any atom is 0.152 e. The molecular formula is C13H10N4O. The van der Waals surface area contributed by atoms with E-state index >= 15 is 0 Å². The zero-order chi connectivity index (χ0) is 12.4. The van der Waals surface area contributed by atoms with E-state index in [1.54, 1.807) is 18.5 Å². The minimum absolute atomic E-state index is 0.485. The van der Waals surface area contributed by atoms with E-state index in [4.69, 9.17) is 10.2 Å². The Morgan fingerprint density at radius 3 is 2.61 bits per heavy atom. The summed E-state index contributed by atoms with van der Waals surface area (Å²) in [5.41, 5.74) is 7.96. The Kier molecular flexibility index (Phi) is 2.49. The van der Waals surface area contributed by atoms with Gasteiger partial charge in [-0.2, -0.15) is 0 Å². The van der Waals surface area contributed by atoms with Gasteiger partial charge in [0.25, 0.3) is 0 Å². The SMILES string of the molecule is Nc1ccc(-c2cc(-c3ccco3)ncn2)cn1. The lowest BCUT2D eigenvalue weighted by Crippen LogP contribution is -1.91. The maximum absolute atomic E-state index is 5.55. The van der Waals surface area contributed by atoms with Crippen LogP contribution in [0.3, 0.4) is 0 Å². The number of aromatic nitrogens is 3. The average Bonchev–Trinajstić information content (AvgIpc) is 2.94. The van der Waals surface area contributed by atoms with Gasteiger partial charge in [-0.1, -0.05) is 0 Å². The molecule has 88 valence electrons. The number of anilines is 1. The number of nitrogen functional groups attached to an aromatic ring is 1. The Bertz CT molecular complexity index is 647. The molecule has 0 saturated heterocycles. The summed E-state index contributed by atoms with van der Waals surface area (Å²) in [7, 11) is 0. The highest BCUT2D eigenvalue weighted by Gasteiger charge is 2.06. The Labute approximate surface area is 103 Å². The molecule has 0 saturated carbocycles. The molecule has 3 aromatic rings. The smallest absolute Gasteiger partial charge is 0.152 e. The average molecular weight is 238 g/mol. The van der Waals surface area contributed by atoms with Crippen LogP contribution in [-0.4, -0.2) is 15.0 Å². The topological polar surface area (TPSA) is 77.8 Å². The van der Waals surface area contributed by atoms with E-state index in [1.807, 2.05) is 24.3 Å². The zero-order valence-corrected chi connectivity index (χ0v) is 9.45. The molecule has 0 spiro atoms. The van der Waals surface area contributed by atoms with Gasteiger partial charge in [0.15, 0.2) is 5.76 Å². The predicted octanol–water partition coefficient (Wildman–Crippen LogP) is 2.38. The molecule has 2 N–H and O–H groups in total. The number of hydrogen-bond acceptors (Lipinski definition) is 5. The molecule has 0 fully saturated rings. The summed E-state index contributed by atoms with van der Waals surface area (Å²) in [4.78, 5) is 12.4. The van der Waals surface area contributed by atoms with Crippen molar-refractivity contribution in [1.82, 2.24) is 15.0 Å². The van der Waals surface area contributed by atoms with E-state index in [0.29, 0.717) is 11.6 Å². The lowest BCUT2D eigenvalue weighted by Gasteiger charge is -2.02. The summed E-state index contributed by atoms with van der Waals surface area (Å²) in [5.74, 6) is 1.20. The molecule has 3 rings (SSSR count). The highest BCUT2D eigenvalue weighted by atomic mass is 16.3. The Hall–Kier alpha value is -2.69. The van der Waals surface area contributed by atoms with Gasteiger partial charge in [0.2, 0.25) is 0 Å². The Morgan fingerprint density at radius 2 is 1.89 bits per heavy atom. The van der Waals surface area contributed by atoms with Crippen LogP contribution in [0.4, 0.5) is 5.82 Å². The number of hydrogen-bond donors (Lipinski definition) is 1. The minimum Gasteiger partial charge on any atom is -0.463 e. The highest BCUT2D eigenvalue weighted by molar-refractivity contribution is 5.64. The van der Waals surface area contributed by atoms with Crippen molar-refractivity contribution in [2.45, 2.75) is 0 Å². The van der Waals surface area contributed by atoms with Crippen LogP contribution < -0.4 is 5.73 Å². The molecular weight excluding hydrogens is 228 g/mol. The van der Waals surface area contributed by atoms with Gasteiger partial charge in [-0.15, -0.1) is 0 Å². The number of pyridine rings is 1. The molecule has 0 bridgehead atoms. The molecule has 0 aliphatic carbocycles. The van der Waals surface area contributed by atoms with Crippen molar-refractivity contribution < 1.29 is 4.42 Å². The molecule has 0 amide bonds. The van der Waals surface area contributed by atoms with Crippen LogP contribution in [0.1, 0.15) is 0 Å². The second-order valence-electron chi connectivity index (χ2n) is 3.74. The van der Waals surface area contributed by atoms with E-state index in [1.165, 1.54) is 6.33 Å². The van der Waals surface area contributed by atoms with Crippen molar-refractivity contribution in [3.8, 4) is 22.7 Å². The lowest BCUT2D eigenvalue weighted by molar-refractivity contribution is 0.580. The number of furan rings is 1. The summed E-state index contributed by atoms with van der Waals surface area (Å²) in [6.07, 6.45) is 4.80. The molecule has 0 aromatic carbocycles. The molecule has 0 aliphatic rings. The van der Waals surface area contributed by atoms with E-state index < -0.39 is 0 Å². The van der Waals surface area contributed by atoms with Gasteiger partial charge in [0, 0.05) is 11.8 Å². The predicted molar refractivity (Wildman–Crippen MR) is 67.4 cm³/mol. The van der Waals surface area contributed by atoms with E-state index in [9.17, 15) is 0 Å². The molecule has 0 radical (unpaired) electrons. The molecule has 0 aliphatic heterocycles. The maximum atomic E-state index is 5.55. The summed E-state index contributed by atoms with van der Waals surface area (Å²) in [5, 5.41) is 0. The van der Waals surface area contributed by atoms with Crippen LogP contribution in [0.25, 0.3) is 22.7 Å². The van der Waals surface area contributed by atoms with E-state index in [2.05, 4.69) is 15.0 Å². The molecule has 3 aromatic heterocycles. The van der Waals surface area contributed by atoms with Crippen LogP contribution in [0.2, 0.25) is 0 Å². The van der Waals surface area contributed by atoms with Gasteiger partial charge in [0.1, 0.15) is 17.8 Å². The van der Waals surface area contributed by atoms with Crippen molar-refractivity contribution in [2.75, 3.05) is 5.73 Å². The van der Waals surface area contributed by atoms with Gasteiger partial charge in [-0.05, 0) is 30.3 Å². The molecule has 5 heteroatoms. The fourth-order valence-electron chi connectivity index (χ4n) is 1.63. The fourth-order valence-corrected chi connectivity index (χ4v) is 1.63. The molecule has 18 heavy (non-hydrogen) atoms. The van der Waals surface area contributed by atoms with Crippen molar-refractivity contribution in [2.24, 2.45) is 0 Å². The van der Waals surface area contributed by atoms with Crippen LogP contribution in [0, 0.1) is 0 Å². The molecule has 0 unspecified atom stereocenters. The van der Waals surface area contributed by atoms with Gasteiger partial charge in [0.05, 0.1) is 12.0 Å². The Balaban J connectivity index is 2.03. The third kappa shape index (κ3) is 1.93. The molecule has 0 atom stereocenters. The van der Waals surface area contributed by atoms with E-state index in [0.717, 1.165) is 17.0 Å². The Morgan fingerprint density at radius 1 is 1.00 bits per heavy atom. The summed E-state index contributed by atoms with van der Waals surface area (Å²) < 4.78 is 5.30. The zero-order valence-electron chi connectivity index (χ0n) is 9.45. The largest absolute Gasteiger partial charge is 0.463 e. The van der Waals surface area contributed by atoms with Crippen LogP contribution >= 0.6 is 0 Å². The first-order chi connectivity index (χ1) is 8.83. The second kappa shape index (κ2) is 4.29. The van der Waals surface area contributed by atoms with Crippen molar-refractivity contribution in [1.29, 1.82) is 0 Å². The summed E-state index contributed by atoms with van der Waals surface area (Å²) in [6.45, 7) is 0. The monoisotopic (exact) mass is 238 g/mol. The number of nitrogens with zero attached hydrogens (tertiary/aromatic N) is 3. The third-order valence-electron chi connectivity index (χ3n) is 2.52. The van der Waals surface area contributed by atoms with E-state index in [-0.39, 0.29) is 0 Å². The summed E-state index contributed by atoms with van der Waals surface area (Å²) >= 11 is 0. The first-order valence-corrected chi connectivity index (χ1v) is 5.41. The number of rotatable bonds is 2. The number of nitrogens with two attached hydrogens (primary N) is 1. The highest BCUT2D eigenvalue weighted by Crippen LogP contribution is 2.22.